The first-order valence-electron chi connectivity index (χ1n) is 8.64. The monoisotopic (exact) mass is 351 g/mol. The standard InChI is InChI=1S/C21H21NO2S/c1-21(2)12-16-20(17(23)13-21)15(18-9-6-10-25-18)11-19(24)22(16)14-7-4-3-5-8-14/h3-10,15H,11-13H2,1-2H3/t15-/m1/s1. The molecule has 0 N–H and O–H groups in total. The summed E-state index contributed by atoms with van der Waals surface area (Å²) in [5.74, 6) is 0.179. The second-order valence-electron chi connectivity index (χ2n) is 7.64. The number of benzene rings is 1. The van der Waals surface area contributed by atoms with Crippen molar-refractivity contribution in [3.63, 3.8) is 0 Å². The lowest BCUT2D eigenvalue weighted by Gasteiger charge is -2.42. The number of Topliss-reactive ketones (excluding diaryl/α,β-unsaturated/α-hetero) is 1. The van der Waals surface area contributed by atoms with E-state index in [4.69, 9.17) is 0 Å². The highest BCUT2D eigenvalue weighted by atomic mass is 32.1. The number of allylic oxidation sites excluding steroid dienone is 2. The van der Waals surface area contributed by atoms with Crippen molar-refractivity contribution >= 4 is 28.7 Å². The summed E-state index contributed by atoms with van der Waals surface area (Å²) in [6.07, 6.45) is 1.65. The summed E-state index contributed by atoms with van der Waals surface area (Å²) in [7, 11) is 0. The van der Waals surface area contributed by atoms with E-state index >= 15 is 0 Å². The molecule has 25 heavy (non-hydrogen) atoms. The molecule has 0 fully saturated rings. The Morgan fingerprint density at radius 1 is 1.04 bits per heavy atom. The lowest BCUT2D eigenvalue weighted by atomic mass is 9.70. The van der Waals surface area contributed by atoms with Crippen molar-refractivity contribution in [2.75, 3.05) is 4.90 Å². The third-order valence-electron chi connectivity index (χ3n) is 5.04. The number of hydrogen-bond acceptors (Lipinski definition) is 3. The zero-order valence-corrected chi connectivity index (χ0v) is 15.3. The van der Waals surface area contributed by atoms with Gasteiger partial charge in [-0.15, -0.1) is 11.3 Å². The summed E-state index contributed by atoms with van der Waals surface area (Å²) >= 11 is 1.63. The van der Waals surface area contributed by atoms with Crippen molar-refractivity contribution in [2.24, 2.45) is 5.41 Å². The van der Waals surface area contributed by atoms with Gasteiger partial charge in [0, 0.05) is 40.6 Å². The molecule has 4 rings (SSSR count). The Morgan fingerprint density at radius 2 is 1.80 bits per heavy atom. The molecule has 1 aliphatic heterocycles. The molecule has 0 unspecified atom stereocenters. The maximum absolute atomic E-state index is 13.1. The first-order valence-corrected chi connectivity index (χ1v) is 9.52. The Bertz CT molecular complexity index is 849. The van der Waals surface area contributed by atoms with Crippen molar-refractivity contribution in [1.29, 1.82) is 0 Å². The Balaban J connectivity index is 1.90. The molecule has 1 aliphatic carbocycles. The number of amides is 1. The van der Waals surface area contributed by atoms with Crippen LogP contribution in [0.4, 0.5) is 5.69 Å². The topological polar surface area (TPSA) is 37.4 Å². The lowest BCUT2D eigenvalue weighted by Crippen LogP contribution is -2.43. The quantitative estimate of drug-likeness (QED) is 0.771. The second-order valence-corrected chi connectivity index (χ2v) is 8.62. The maximum atomic E-state index is 13.1. The summed E-state index contributed by atoms with van der Waals surface area (Å²) < 4.78 is 0. The van der Waals surface area contributed by atoms with E-state index in [9.17, 15) is 9.59 Å². The fourth-order valence-corrected chi connectivity index (χ4v) is 4.86. The molecule has 0 radical (unpaired) electrons. The third kappa shape index (κ3) is 2.85. The number of para-hydroxylation sites is 1. The van der Waals surface area contributed by atoms with Crippen molar-refractivity contribution in [2.45, 2.75) is 39.0 Å². The van der Waals surface area contributed by atoms with Gasteiger partial charge in [0.1, 0.15) is 0 Å². The minimum absolute atomic E-state index is 0.0776. The van der Waals surface area contributed by atoms with Gasteiger partial charge < -0.3 is 0 Å². The van der Waals surface area contributed by atoms with Crippen LogP contribution in [0.2, 0.25) is 0 Å². The lowest BCUT2D eigenvalue weighted by molar-refractivity contribution is -0.120. The smallest absolute Gasteiger partial charge is 0.232 e. The number of nitrogens with zero attached hydrogens (tertiary/aromatic N) is 1. The Morgan fingerprint density at radius 3 is 2.48 bits per heavy atom. The largest absolute Gasteiger partial charge is 0.294 e. The first kappa shape index (κ1) is 16.3. The van der Waals surface area contributed by atoms with Gasteiger partial charge in [0.15, 0.2) is 5.78 Å². The SMILES string of the molecule is CC1(C)CC(=O)C2=C(C1)N(c1ccccc1)C(=O)C[C@@H]2c1cccs1. The molecule has 0 spiro atoms. The molecule has 128 valence electrons. The van der Waals surface area contributed by atoms with E-state index in [-0.39, 0.29) is 23.0 Å². The highest BCUT2D eigenvalue weighted by Gasteiger charge is 2.44. The molecule has 0 saturated carbocycles. The molecule has 0 bridgehead atoms. The summed E-state index contributed by atoms with van der Waals surface area (Å²) in [5.41, 5.74) is 2.49. The van der Waals surface area contributed by atoms with E-state index in [0.29, 0.717) is 12.8 Å². The molecule has 4 heteroatoms. The van der Waals surface area contributed by atoms with E-state index in [1.165, 1.54) is 0 Å². The zero-order chi connectivity index (χ0) is 17.6. The molecule has 2 aromatic rings. The minimum Gasteiger partial charge on any atom is -0.294 e. The molecule has 1 aromatic heterocycles. The van der Waals surface area contributed by atoms with E-state index in [1.54, 1.807) is 16.2 Å². The van der Waals surface area contributed by atoms with Gasteiger partial charge in [0.2, 0.25) is 5.91 Å². The summed E-state index contributed by atoms with van der Waals surface area (Å²) in [4.78, 5) is 29.0. The normalized spacial score (nSPS) is 23.0. The van der Waals surface area contributed by atoms with E-state index in [1.807, 2.05) is 47.8 Å². The average Bonchev–Trinajstić information content (AvgIpc) is 3.07. The number of thiophene rings is 1. The Hall–Kier alpha value is -2.20. The predicted molar refractivity (Wildman–Crippen MR) is 101 cm³/mol. The van der Waals surface area contributed by atoms with Gasteiger partial charge in [-0.25, -0.2) is 0 Å². The van der Waals surface area contributed by atoms with Gasteiger partial charge >= 0.3 is 0 Å². The highest BCUT2D eigenvalue weighted by Crippen LogP contribution is 2.48. The van der Waals surface area contributed by atoms with Gasteiger partial charge in [0.05, 0.1) is 0 Å². The molecular formula is C21H21NO2S. The summed E-state index contributed by atoms with van der Waals surface area (Å²) in [5, 5.41) is 2.01. The van der Waals surface area contributed by atoms with Crippen LogP contribution in [-0.2, 0) is 9.59 Å². The molecule has 1 aromatic carbocycles. The predicted octanol–water partition coefficient (Wildman–Crippen LogP) is 4.91. The van der Waals surface area contributed by atoms with Gasteiger partial charge in [-0.3, -0.25) is 14.5 Å². The van der Waals surface area contributed by atoms with E-state index in [0.717, 1.165) is 28.3 Å². The Kier molecular flexibility index (Phi) is 3.88. The van der Waals surface area contributed by atoms with Crippen LogP contribution >= 0.6 is 11.3 Å². The Labute approximate surface area is 152 Å². The molecule has 2 aliphatic rings. The van der Waals surface area contributed by atoms with Crippen LogP contribution in [0, 0.1) is 5.41 Å². The molecule has 2 heterocycles. The molecular weight excluding hydrogens is 330 g/mol. The number of carbonyl (C=O) groups is 2. The first-order chi connectivity index (χ1) is 12.0. The highest BCUT2D eigenvalue weighted by molar-refractivity contribution is 7.10. The van der Waals surface area contributed by atoms with E-state index in [2.05, 4.69) is 13.8 Å². The maximum Gasteiger partial charge on any atom is 0.232 e. The van der Waals surface area contributed by atoms with Crippen LogP contribution in [0.1, 0.15) is 43.9 Å². The van der Waals surface area contributed by atoms with Crippen molar-refractivity contribution in [1.82, 2.24) is 0 Å². The number of ketones is 1. The van der Waals surface area contributed by atoms with Gasteiger partial charge in [0.25, 0.3) is 0 Å². The van der Waals surface area contributed by atoms with Crippen LogP contribution in [0.25, 0.3) is 0 Å². The summed E-state index contributed by atoms with van der Waals surface area (Å²) in [6.45, 7) is 4.22. The average molecular weight is 351 g/mol. The van der Waals surface area contributed by atoms with Gasteiger partial charge in [-0.2, -0.15) is 0 Å². The molecule has 0 saturated heterocycles. The number of hydrogen-bond donors (Lipinski definition) is 0. The van der Waals surface area contributed by atoms with Crippen molar-refractivity contribution in [3.8, 4) is 0 Å². The van der Waals surface area contributed by atoms with E-state index < -0.39 is 0 Å². The van der Waals surface area contributed by atoms with Crippen molar-refractivity contribution in [3.05, 3.63) is 64.0 Å². The number of anilines is 1. The van der Waals surface area contributed by atoms with Crippen LogP contribution in [0.3, 0.4) is 0 Å². The fourth-order valence-electron chi connectivity index (χ4n) is 4.02. The van der Waals surface area contributed by atoms with Crippen LogP contribution in [-0.4, -0.2) is 11.7 Å². The van der Waals surface area contributed by atoms with Crippen molar-refractivity contribution < 1.29 is 9.59 Å². The molecule has 1 atom stereocenters. The van der Waals surface area contributed by atoms with Crippen LogP contribution in [0.5, 0.6) is 0 Å². The summed E-state index contributed by atoms with van der Waals surface area (Å²) in [6, 6.07) is 13.7. The molecule has 3 nitrogen and oxygen atoms in total. The third-order valence-corrected chi connectivity index (χ3v) is 6.03. The molecule has 1 amide bonds. The van der Waals surface area contributed by atoms with Gasteiger partial charge in [-0.05, 0) is 35.4 Å². The zero-order valence-electron chi connectivity index (χ0n) is 14.5. The van der Waals surface area contributed by atoms with Gasteiger partial charge in [-0.1, -0.05) is 38.1 Å². The second kappa shape index (κ2) is 5.95. The number of carbonyl (C=O) groups excluding carboxylic acids is 2. The minimum atomic E-state index is -0.124. The fraction of sp³-hybridized carbons (Fsp3) is 0.333. The van der Waals surface area contributed by atoms with Crippen LogP contribution in [0.15, 0.2) is 59.1 Å². The number of rotatable bonds is 2. The van der Waals surface area contributed by atoms with Crippen LogP contribution < -0.4 is 4.90 Å².